The monoisotopic (exact) mass is 656 g/mol. The molecule has 0 radical (unpaired) electrons. The molecule has 1 aliphatic heterocycles. The number of carbonyl (C=O) groups is 2. The fourth-order valence-electron chi connectivity index (χ4n) is 5.39. The Balaban J connectivity index is 1.14. The topological polar surface area (TPSA) is 151 Å². The van der Waals surface area contributed by atoms with Crippen molar-refractivity contribution in [2.24, 2.45) is 4.99 Å². The minimum atomic E-state index is -1.50. The zero-order valence-corrected chi connectivity index (χ0v) is 26.6. The highest BCUT2D eigenvalue weighted by Crippen LogP contribution is 2.34. The smallest absolute Gasteiger partial charge is 0.497 e. The third-order valence-corrected chi connectivity index (χ3v) is 9.06. The summed E-state index contributed by atoms with van der Waals surface area (Å²) in [5, 5.41) is 34.6. The molecule has 0 aliphatic carbocycles. The molecule has 6 rings (SSSR count). The predicted octanol–water partition coefficient (Wildman–Crippen LogP) is 2.89. The lowest BCUT2D eigenvalue weighted by Crippen LogP contribution is -2.38. The summed E-state index contributed by atoms with van der Waals surface area (Å²) in [7, 11) is 0.0966. The Hall–Kier alpha value is -4.56. The summed E-state index contributed by atoms with van der Waals surface area (Å²) in [5.41, 5.74) is 4.05. The maximum absolute atomic E-state index is 13.2. The van der Waals surface area contributed by atoms with Crippen molar-refractivity contribution < 1.29 is 24.4 Å². The predicted molar refractivity (Wildman–Crippen MR) is 178 cm³/mol. The Morgan fingerprint density at radius 3 is 2.59 bits per heavy atom. The second-order valence-electron chi connectivity index (χ2n) is 10.8. The molecule has 234 valence electrons. The van der Waals surface area contributed by atoms with Crippen LogP contribution in [0.25, 0.3) is 15.8 Å². The summed E-state index contributed by atoms with van der Waals surface area (Å²) in [6, 6.07) is 19.9. The fourth-order valence-corrected chi connectivity index (χ4v) is 6.52. The van der Waals surface area contributed by atoms with Crippen LogP contribution in [-0.4, -0.2) is 69.7 Å². The first-order valence-electron chi connectivity index (χ1n) is 14.6. The second-order valence-corrected chi connectivity index (χ2v) is 12.4. The van der Waals surface area contributed by atoms with Crippen LogP contribution in [0.1, 0.15) is 40.8 Å². The molecule has 46 heavy (non-hydrogen) atoms. The zero-order valence-electron chi connectivity index (χ0n) is 25.0. The normalized spacial score (nSPS) is 13.8. The lowest BCUT2D eigenvalue weighted by Gasteiger charge is -2.14. The Labute approximate surface area is 274 Å². The van der Waals surface area contributed by atoms with E-state index in [0.29, 0.717) is 45.9 Å². The number of rotatable bonds is 10. The highest BCUT2D eigenvalue weighted by molar-refractivity contribution is 7.27. The molecule has 2 aromatic heterocycles. The van der Waals surface area contributed by atoms with Gasteiger partial charge < -0.3 is 25.4 Å². The molecule has 1 atom stereocenters. The van der Waals surface area contributed by atoms with E-state index < -0.39 is 13.2 Å². The van der Waals surface area contributed by atoms with E-state index in [9.17, 15) is 19.6 Å². The first kappa shape index (κ1) is 31.4. The van der Waals surface area contributed by atoms with Gasteiger partial charge in [-0.1, -0.05) is 35.9 Å². The highest BCUT2D eigenvalue weighted by atomic mass is 35.5. The van der Waals surface area contributed by atoms with E-state index in [2.05, 4.69) is 20.8 Å². The van der Waals surface area contributed by atoms with Crippen molar-refractivity contribution in [3.8, 4) is 11.4 Å². The summed E-state index contributed by atoms with van der Waals surface area (Å²) in [5.74, 6) is 1.12. The van der Waals surface area contributed by atoms with E-state index >= 15 is 0 Å². The first-order chi connectivity index (χ1) is 22.2. The van der Waals surface area contributed by atoms with Crippen LogP contribution in [-0.2, 0) is 16.0 Å². The minimum absolute atomic E-state index is 0.0566. The maximum Gasteiger partial charge on any atom is 0.499 e. The van der Waals surface area contributed by atoms with Gasteiger partial charge in [0.2, 0.25) is 11.8 Å². The molecule has 0 unspecified atom stereocenters. The Morgan fingerprint density at radius 2 is 1.83 bits per heavy atom. The fraction of sp³-hybridized carbons (Fsp3) is 0.219. The van der Waals surface area contributed by atoms with Crippen LogP contribution in [0, 0.1) is 6.92 Å². The van der Waals surface area contributed by atoms with Gasteiger partial charge in [-0.15, -0.1) is 21.5 Å². The standard InChI is InChI=1S/C32H30BClN6O5S/c1-18-38-39-32-25(37-31(20-5-7-22(34)8-6-20)24-15-23(45-2)9-10-26(24)40(18)32)16-29(41)36-17-30(42)35-12-11-19-3-4-21-14-28(33(43)44)46-27(21)13-19/h3-10,13-15,25,43-44H,11-12,16-17H2,1-2H3,(H,35,42)(H,36,41)/t25-/m0/s1. The number of amides is 2. The van der Waals surface area contributed by atoms with Crippen LogP contribution < -0.4 is 20.1 Å². The van der Waals surface area contributed by atoms with Crippen molar-refractivity contribution >= 4 is 62.4 Å². The van der Waals surface area contributed by atoms with E-state index in [4.69, 9.17) is 21.3 Å². The molecule has 0 fully saturated rings. The number of carbonyl (C=O) groups excluding carboxylic acids is 2. The van der Waals surface area contributed by atoms with Crippen molar-refractivity contribution in [3.63, 3.8) is 0 Å². The third-order valence-electron chi connectivity index (χ3n) is 7.67. The number of hydrogen-bond donors (Lipinski definition) is 4. The number of halogens is 1. The highest BCUT2D eigenvalue weighted by Gasteiger charge is 2.30. The molecular formula is C32H30BClN6O5S. The van der Waals surface area contributed by atoms with Gasteiger partial charge in [-0.3, -0.25) is 19.1 Å². The number of benzene rings is 3. The molecule has 4 N–H and O–H groups in total. The van der Waals surface area contributed by atoms with E-state index in [0.717, 1.165) is 32.5 Å². The Kier molecular flexibility index (Phi) is 9.18. The van der Waals surface area contributed by atoms with Gasteiger partial charge in [-0.05, 0) is 66.8 Å². The average molecular weight is 657 g/mol. The van der Waals surface area contributed by atoms with Crippen molar-refractivity contribution in [2.75, 3.05) is 20.2 Å². The van der Waals surface area contributed by atoms with Gasteiger partial charge in [-0.25, -0.2) is 0 Å². The number of ether oxygens (including phenoxy) is 1. The molecule has 11 nitrogen and oxygen atoms in total. The van der Waals surface area contributed by atoms with Gasteiger partial charge in [0.15, 0.2) is 5.82 Å². The number of aryl methyl sites for hydroxylation is 1. The second kappa shape index (κ2) is 13.4. The van der Waals surface area contributed by atoms with Crippen molar-refractivity contribution in [1.29, 1.82) is 0 Å². The molecule has 2 amide bonds. The van der Waals surface area contributed by atoms with Crippen LogP contribution in [0.5, 0.6) is 5.75 Å². The minimum Gasteiger partial charge on any atom is -0.497 e. The van der Waals surface area contributed by atoms with Crippen LogP contribution in [0.3, 0.4) is 0 Å². The van der Waals surface area contributed by atoms with Gasteiger partial charge in [0.1, 0.15) is 17.6 Å². The van der Waals surface area contributed by atoms with Gasteiger partial charge >= 0.3 is 7.12 Å². The summed E-state index contributed by atoms with van der Waals surface area (Å²) >= 11 is 7.49. The number of hydrogen-bond acceptors (Lipinski definition) is 9. The van der Waals surface area contributed by atoms with Crippen LogP contribution in [0.4, 0.5) is 0 Å². The quantitative estimate of drug-likeness (QED) is 0.169. The van der Waals surface area contributed by atoms with E-state index in [1.807, 2.05) is 60.0 Å². The van der Waals surface area contributed by atoms with Gasteiger partial charge in [0.25, 0.3) is 0 Å². The summed E-state index contributed by atoms with van der Waals surface area (Å²) in [4.78, 5) is 30.8. The van der Waals surface area contributed by atoms with E-state index in [1.165, 1.54) is 11.3 Å². The molecule has 14 heteroatoms. The number of aromatic nitrogens is 3. The van der Waals surface area contributed by atoms with Crippen LogP contribution in [0.15, 0.2) is 71.7 Å². The van der Waals surface area contributed by atoms with Gasteiger partial charge in [-0.2, -0.15) is 0 Å². The van der Waals surface area contributed by atoms with Gasteiger partial charge in [0, 0.05) is 32.2 Å². The summed E-state index contributed by atoms with van der Waals surface area (Å²) in [6.07, 6.45) is 0.522. The molecule has 0 spiro atoms. The lowest BCUT2D eigenvalue weighted by atomic mass is 9.89. The largest absolute Gasteiger partial charge is 0.499 e. The molecule has 3 aromatic carbocycles. The van der Waals surface area contributed by atoms with Crippen molar-refractivity contribution in [1.82, 2.24) is 25.4 Å². The molecule has 3 heterocycles. The number of nitrogens with zero attached hydrogens (tertiary/aromatic N) is 4. The van der Waals surface area contributed by atoms with Gasteiger partial charge in [0.05, 0.1) is 31.5 Å². The van der Waals surface area contributed by atoms with E-state index in [-0.39, 0.29) is 24.8 Å². The number of aliphatic imine (C=N–C) groups is 1. The Morgan fingerprint density at radius 1 is 1.02 bits per heavy atom. The first-order valence-corrected chi connectivity index (χ1v) is 15.8. The van der Waals surface area contributed by atoms with Crippen molar-refractivity contribution in [3.05, 3.63) is 100 Å². The molecule has 0 saturated carbocycles. The van der Waals surface area contributed by atoms with Crippen LogP contribution in [0.2, 0.25) is 5.02 Å². The third kappa shape index (κ3) is 6.68. The summed E-state index contributed by atoms with van der Waals surface area (Å²) < 4.78 is 8.83. The molecule has 0 bridgehead atoms. The number of nitrogens with one attached hydrogen (secondary N) is 2. The maximum atomic E-state index is 13.2. The molecule has 5 aromatic rings. The van der Waals surface area contributed by atoms with Crippen molar-refractivity contribution in [2.45, 2.75) is 25.8 Å². The lowest BCUT2D eigenvalue weighted by molar-refractivity contribution is -0.126. The zero-order chi connectivity index (χ0) is 32.4. The molecule has 0 saturated heterocycles. The SMILES string of the molecule is COc1ccc2c(c1)C(c1ccc(Cl)cc1)=N[C@@H](CC(=O)NCC(=O)NCCc1ccc3cc(B(O)O)sc3c1)c1nnc(C)n1-2. The number of methoxy groups -OCH3 is 1. The summed E-state index contributed by atoms with van der Waals surface area (Å²) in [6.45, 7) is 2.03. The molecular weight excluding hydrogens is 627 g/mol. The number of thiophene rings is 1. The number of fused-ring (bicyclic) bond motifs is 4. The average Bonchev–Trinajstić information content (AvgIpc) is 3.62. The van der Waals surface area contributed by atoms with E-state index in [1.54, 1.807) is 25.3 Å². The molecule has 1 aliphatic rings. The Bertz CT molecular complexity index is 1960. The van der Waals surface area contributed by atoms with Crippen LogP contribution >= 0.6 is 22.9 Å².